The predicted molar refractivity (Wildman–Crippen MR) is 85.1 cm³/mol. The van der Waals surface area contributed by atoms with Crippen LogP contribution in [-0.4, -0.2) is 27.5 Å². The van der Waals surface area contributed by atoms with Crippen LogP contribution in [0.15, 0.2) is 30.3 Å². The summed E-state index contributed by atoms with van der Waals surface area (Å²) in [4.78, 5) is 0. The Morgan fingerprint density at radius 3 is 2.38 bits per heavy atom. The van der Waals surface area contributed by atoms with Crippen molar-refractivity contribution in [2.45, 2.75) is 57.3 Å². The Hall–Kier alpha value is -0.750. The maximum Gasteiger partial charge on any atom is 0.163 e. The van der Waals surface area contributed by atoms with E-state index < -0.39 is 16.8 Å². The second-order valence-corrected chi connectivity index (χ2v) is 8.75. The minimum absolute atomic E-state index is 0.159. The third kappa shape index (κ3) is 4.36. The van der Waals surface area contributed by atoms with E-state index in [0.717, 1.165) is 5.56 Å². The van der Waals surface area contributed by atoms with Crippen LogP contribution in [0.5, 0.6) is 0 Å². The Morgan fingerprint density at radius 2 is 1.90 bits per heavy atom. The average molecular weight is 311 g/mol. The van der Waals surface area contributed by atoms with Gasteiger partial charge in [-0.2, -0.15) is 0 Å². The van der Waals surface area contributed by atoms with Crippen LogP contribution in [0.25, 0.3) is 0 Å². The average Bonchev–Trinajstić information content (AvgIpc) is 2.75. The smallest absolute Gasteiger partial charge is 0.163 e. The van der Waals surface area contributed by atoms with Crippen molar-refractivity contribution in [1.82, 2.24) is 4.72 Å². The summed E-state index contributed by atoms with van der Waals surface area (Å²) in [5.41, 5.74) is 1.06. The van der Waals surface area contributed by atoms with Crippen LogP contribution < -0.4 is 4.72 Å². The Balaban J connectivity index is 2.22. The van der Waals surface area contributed by atoms with Gasteiger partial charge in [-0.3, -0.25) is 0 Å². The molecule has 1 unspecified atom stereocenters. The summed E-state index contributed by atoms with van der Waals surface area (Å²) in [7, 11) is -1.17. The maximum absolute atomic E-state index is 12.5. The first-order chi connectivity index (χ1) is 9.69. The lowest BCUT2D eigenvalue weighted by atomic mass is 10.0. The fourth-order valence-electron chi connectivity index (χ4n) is 2.19. The van der Waals surface area contributed by atoms with Crippen LogP contribution in [0, 0.1) is 0 Å². The van der Waals surface area contributed by atoms with Crippen molar-refractivity contribution < 1.29 is 13.7 Å². The monoisotopic (exact) mass is 311 g/mol. The number of benzene rings is 1. The van der Waals surface area contributed by atoms with Crippen LogP contribution in [0.4, 0.5) is 0 Å². The summed E-state index contributed by atoms with van der Waals surface area (Å²) < 4.78 is 27.0. The lowest BCUT2D eigenvalue weighted by molar-refractivity contribution is -0.141. The highest BCUT2D eigenvalue weighted by molar-refractivity contribution is 7.84. The van der Waals surface area contributed by atoms with E-state index in [1.165, 1.54) is 0 Å². The largest absolute Gasteiger partial charge is 0.348 e. The topological polar surface area (TPSA) is 47.6 Å². The van der Waals surface area contributed by atoms with Crippen molar-refractivity contribution in [3.8, 4) is 0 Å². The van der Waals surface area contributed by atoms with Gasteiger partial charge in [0.05, 0.1) is 28.4 Å². The number of ether oxygens (including phenoxy) is 2. The van der Waals surface area contributed by atoms with E-state index in [1.807, 2.05) is 65.0 Å². The molecule has 0 bridgehead atoms. The van der Waals surface area contributed by atoms with Crippen LogP contribution in [0.3, 0.4) is 0 Å². The van der Waals surface area contributed by atoms with Gasteiger partial charge in [0.2, 0.25) is 0 Å². The molecule has 2 rings (SSSR count). The SMILES string of the molecule is CC1(C)OC[C@H]([C@@H](NS(=O)C(C)(C)C)c2ccccc2)O1. The highest BCUT2D eigenvalue weighted by atomic mass is 32.2. The van der Waals surface area contributed by atoms with E-state index in [4.69, 9.17) is 9.47 Å². The van der Waals surface area contributed by atoms with Gasteiger partial charge in [0.25, 0.3) is 0 Å². The molecule has 118 valence electrons. The molecule has 1 aliphatic rings. The van der Waals surface area contributed by atoms with E-state index in [-0.39, 0.29) is 16.9 Å². The van der Waals surface area contributed by atoms with E-state index >= 15 is 0 Å². The molecule has 1 aliphatic heterocycles. The summed E-state index contributed by atoms with van der Waals surface area (Å²) in [5.74, 6) is -0.595. The first-order valence-corrected chi connectivity index (χ1v) is 8.39. The van der Waals surface area contributed by atoms with E-state index in [0.29, 0.717) is 6.61 Å². The van der Waals surface area contributed by atoms with Crippen molar-refractivity contribution in [1.29, 1.82) is 0 Å². The molecule has 21 heavy (non-hydrogen) atoms. The summed E-state index contributed by atoms with van der Waals surface area (Å²) in [6, 6.07) is 9.80. The zero-order chi connectivity index (χ0) is 15.7. The van der Waals surface area contributed by atoms with Crippen LogP contribution >= 0.6 is 0 Å². The molecule has 1 N–H and O–H groups in total. The predicted octanol–water partition coefficient (Wildman–Crippen LogP) is 2.93. The zero-order valence-corrected chi connectivity index (χ0v) is 14.2. The number of hydrogen-bond acceptors (Lipinski definition) is 3. The first-order valence-electron chi connectivity index (χ1n) is 7.24. The quantitative estimate of drug-likeness (QED) is 0.930. The van der Waals surface area contributed by atoms with Gasteiger partial charge in [-0.05, 0) is 40.2 Å². The molecule has 1 aromatic rings. The Bertz CT molecular complexity index is 496. The molecule has 0 aliphatic carbocycles. The molecule has 0 aromatic heterocycles. The normalized spacial score (nSPS) is 24.7. The Morgan fingerprint density at radius 1 is 1.29 bits per heavy atom. The van der Waals surface area contributed by atoms with Gasteiger partial charge < -0.3 is 9.47 Å². The lowest BCUT2D eigenvalue weighted by Crippen LogP contribution is -2.41. The summed E-state index contributed by atoms with van der Waals surface area (Å²) in [6.07, 6.45) is -0.159. The Labute approximate surface area is 129 Å². The molecule has 1 fully saturated rings. The number of hydrogen-bond donors (Lipinski definition) is 1. The molecular weight excluding hydrogens is 286 g/mol. The van der Waals surface area contributed by atoms with Gasteiger partial charge in [0.15, 0.2) is 5.79 Å². The fourth-order valence-corrected chi connectivity index (χ4v) is 3.06. The van der Waals surface area contributed by atoms with E-state index in [2.05, 4.69) is 4.72 Å². The molecule has 0 radical (unpaired) electrons. The fraction of sp³-hybridized carbons (Fsp3) is 0.625. The van der Waals surface area contributed by atoms with E-state index in [1.54, 1.807) is 0 Å². The molecule has 4 nitrogen and oxygen atoms in total. The summed E-state index contributed by atoms with van der Waals surface area (Å²) >= 11 is 0. The van der Waals surface area contributed by atoms with E-state index in [9.17, 15) is 4.21 Å². The minimum atomic E-state index is -1.17. The van der Waals surface area contributed by atoms with Gasteiger partial charge in [-0.1, -0.05) is 30.3 Å². The van der Waals surface area contributed by atoms with Gasteiger partial charge in [-0.15, -0.1) is 0 Å². The van der Waals surface area contributed by atoms with Gasteiger partial charge in [0.1, 0.15) is 6.10 Å². The van der Waals surface area contributed by atoms with Crippen LogP contribution in [0.1, 0.15) is 46.2 Å². The van der Waals surface area contributed by atoms with Gasteiger partial charge in [0, 0.05) is 0 Å². The highest BCUT2D eigenvalue weighted by Crippen LogP contribution is 2.31. The zero-order valence-electron chi connectivity index (χ0n) is 13.4. The third-order valence-electron chi connectivity index (χ3n) is 3.35. The molecular formula is C16H25NO3S. The Kier molecular flexibility index (Phi) is 4.88. The van der Waals surface area contributed by atoms with Crippen molar-refractivity contribution in [3.63, 3.8) is 0 Å². The molecule has 3 atom stereocenters. The first kappa shape index (κ1) is 16.6. The second-order valence-electron chi connectivity index (χ2n) is 6.75. The molecule has 5 heteroatoms. The van der Waals surface area contributed by atoms with Gasteiger partial charge >= 0.3 is 0 Å². The van der Waals surface area contributed by atoms with Crippen LogP contribution in [0.2, 0.25) is 0 Å². The lowest BCUT2D eigenvalue weighted by Gasteiger charge is -2.28. The number of nitrogens with one attached hydrogen (secondary N) is 1. The molecule has 1 saturated heterocycles. The molecule has 1 heterocycles. The standard InChI is InChI=1S/C16H25NO3S/c1-15(2,3)21(18)17-14(12-9-7-6-8-10-12)13-11-19-16(4,5)20-13/h6-10,13-14,17H,11H2,1-5H3/t13-,14+,21?/m1/s1. The van der Waals surface area contributed by atoms with Crippen molar-refractivity contribution in [3.05, 3.63) is 35.9 Å². The molecule has 0 saturated carbocycles. The third-order valence-corrected chi connectivity index (χ3v) is 4.93. The van der Waals surface area contributed by atoms with Crippen molar-refractivity contribution in [2.24, 2.45) is 0 Å². The van der Waals surface area contributed by atoms with Crippen molar-refractivity contribution in [2.75, 3.05) is 6.61 Å². The second kappa shape index (κ2) is 6.16. The maximum atomic E-state index is 12.5. The molecule has 0 amide bonds. The summed E-state index contributed by atoms with van der Waals surface area (Å²) in [5, 5.41) is 0. The molecule has 0 spiro atoms. The summed E-state index contributed by atoms with van der Waals surface area (Å²) in [6.45, 7) is 10.1. The van der Waals surface area contributed by atoms with Crippen LogP contribution in [-0.2, 0) is 20.5 Å². The van der Waals surface area contributed by atoms with Gasteiger partial charge in [-0.25, -0.2) is 8.93 Å². The van der Waals surface area contributed by atoms with Crippen molar-refractivity contribution >= 4 is 11.0 Å². The highest BCUT2D eigenvalue weighted by Gasteiger charge is 2.39. The minimum Gasteiger partial charge on any atom is -0.348 e. The number of rotatable bonds is 4. The molecule has 1 aromatic carbocycles.